The number of Topliss-reactive ketones (excluding diaryl/α,β-unsaturated/α-hetero) is 4. The van der Waals surface area contributed by atoms with Crippen molar-refractivity contribution in [2.45, 2.75) is 90.0 Å². The fourth-order valence-electron chi connectivity index (χ4n) is 5.52. The van der Waals surface area contributed by atoms with Gasteiger partial charge in [0.1, 0.15) is 34.6 Å². The molecule has 0 heterocycles. The smallest absolute Gasteiger partial charge is 0.193 e. The third-order valence-corrected chi connectivity index (χ3v) is 8.37. The molecule has 0 aliphatic rings. The van der Waals surface area contributed by atoms with Gasteiger partial charge >= 0.3 is 0 Å². The summed E-state index contributed by atoms with van der Waals surface area (Å²) in [6.07, 6.45) is -1.70. The van der Waals surface area contributed by atoms with Crippen LogP contribution in [0.4, 0.5) is 0 Å². The lowest BCUT2D eigenvalue weighted by Crippen LogP contribution is -2.31. The highest BCUT2D eigenvalue weighted by Crippen LogP contribution is 2.37. The number of ketones is 4. The molecule has 51 heavy (non-hydrogen) atoms. The van der Waals surface area contributed by atoms with Gasteiger partial charge in [-0.3, -0.25) is 19.2 Å². The molecule has 0 saturated carbocycles. The fourth-order valence-corrected chi connectivity index (χ4v) is 5.52. The Kier molecular flexibility index (Phi) is 11.2. The Morgan fingerprint density at radius 3 is 0.980 bits per heavy atom. The molecule has 0 spiro atoms. The maximum absolute atomic E-state index is 13.1. The second-order valence-corrected chi connectivity index (χ2v) is 14.9. The van der Waals surface area contributed by atoms with Crippen LogP contribution in [0, 0.1) is 0 Å². The second kappa shape index (κ2) is 14.5. The average molecular weight is 695 g/mol. The Morgan fingerprint density at radius 1 is 0.412 bits per heavy atom. The van der Waals surface area contributed by atoms with E-state index < -0.39 is 57.7 Å². The molecule has 4 aromatic rings. The van der Waals surface area contributed by atoms with Crippen LogP contribution >= 0.6 is 0 Å². The zero-order valence-electron chi connectivity index (χ0n) is 30.2. The molecule has 0 radical (unpaired) electrons. The number of hydrogen-bond donors (Lipinski definition) is 4. The summed E-state index contributed by atoms with van der Waals surface area (Å²) >= 11 is 0. The van der Waals surface area contributed by atoms with Crippen LogP contribution in [0.15, 0.2) is 97.1 Å². The Balaban J connectivity index is 1.89. The van der Waals surface area contributed by atoms with Crippen molar-refractivity contribution in [3.63, 3.8) is 0 Å². The van der Waals surface area contributed by atoms with Crippen LogP contribution in [0.3, 0.4) is 0 Å². The maximum atomic E-state index is 13.1. The summed E-state index contributed by atoms with van der Waals surface area (Å²) < 4.78 is 6.94. The van der Waals surface area contributed by atoms with Crippen molar-refractivity contribution in [3.8, 4) is 0 Å². The van der Waals surface area contributed by atoms with Crippen molar-refractivity contribution in [2.75, 3.05) is 0 Å². The summed E-state index contributed by atoms with van der Waals surface area (Å²) in [6, 6.07) is 26.4. The van der Waals surface area contributed by atoms with Gasteiger partial charge in [0, 0.05) is 22.3 Å². The molecular formula is C42H46O9. The second-order valence-electron chi connectivity index (χ2n) is 14.9. The number of carbonyl (C=O) groups is 4. The molecule has 9 nitrogen and oxygen atoms in total. The monoisotopic (exact) mass is 694 g/mol. The van der Waals surface area contributed by atoms with Crippen molar-refractivity contribution < 1.29 is 44.3 Å². The third-order valence-electron chi connectivity index (χ3n) is 8.37. The first-order chi connectivity index (χ1) is 23.5. The van der Waals surface area contributed by atoms with Crippen LogP contribution in [-0.4, -0.2) is 66.0 Å². The van der Waals surface area contributed by atoms with Crippen LogP contribution < -0.4 is 0 Å². The van der Waals surface area contributed by atoms with E-state index in [1.165, 1.54) is 55.4 Å². The molecule has 0 aliphatic heterocycles. The van der Waals surface area contributed by atoms with E-state index >= 15 is 0 Å². The predicted molar refractivity (Wildman–Crippen MR) is 193 cm³/mol. The Labute approximate surface area is 298 Å². The highest BCUT2D eigenvalue weighted by molar-refractivity contribution is 6.03. The molecule has 1 unspecified atom stereocenters. The molecule has 4 aromatic carbocycles. The average Bonchev–Trinajstić information content (AvgIpc) is 3.06. The topological polar surface area (TPSA) is 158 Å². The number of ether oxygens (including phenoxy) is 1. The number of carbonyl (C=O) groups excluding carboxylic acids is 4. The van der Waals surface area contributed by atoms with E-state index in [1.54, 1.807) is 97.1 Å². The summed E-state index contributed by atoms with van der Waals surface area (Å²) in [4.78, 5) is 51.6. The first-order valence-electron chi connectivity index (χ1n) is 16.6. The van der Waals surface area contributed by atoms with Gasteiger partial charge in [-0.05, 0) is 83.7 Å². The predicted octanol–water partition coefficient (Wildman–Crippen LogP) is 6.40. The van der Waals surface area contributed by atoms with Crippen molar-refractivity contribution in [1.29, 1.82) is 0 Å². The standard InChI is InChI=1S/C42H46O9/c1-39(2,47)35(43)28-18-12-25(13-19-28)33(26-14-20-29(21-15-26)36(44)40(3,4)48)51-34(27-16-22-30(23-17-27)37(45)41(5,6)49)31-10-9-11-32(24-31)38(46)42(7,8)50/h9-24,33-34,47-50H,1-8H3. The molecule has 4 rings (SSSR count). The molecular weight excluding hydrogens is 648 g/mol. The van der Waals surface area contributed by atoms with Gasteiger partial charge in [0.15, 0.2) is 23.1 Å². The quantitative estimate of drug-likeness (QED) is 0.110. The van der Waals surface area contributed by atoms with Gasteiger partial charge in [0.25, 0.3) is 0 Å². The molecule has 0 fully saturated rings. The van der Waals surface area contributed by atoms with Gasteiger partial charge < -0.3 is 25.2 Å². The summed E-state index contributed by atoms with van der Waals surface area (Å²) in [5.41, 5.74) is -2.90. The minimum absolute atomic E-state index is 0.253. The summed E-state index contributed by atoms with van der Waals surface area (Å²) in [6.45, 7) is 11.3. The highest BCUT2D eigenvalue weighted by atomic mass is 16.5. The van der Waals surface area contributed by atoms with E-state index in [2.05, 4.69) is 0 Å². The van der Waals surface area contributed by atoms with E-state index in [-0.39, 0.29) is 22.3 Å². The van der Waals surface area contributed by atoms with Gasteiger partial charge in [0.2, 0.25) is 0 Å². The van der Waals surface area contributed by atoms with Crippen LogP contribution in [0.5, 0.6) is 0 Å². The first kappa shape index (κ1) is 39.2. The largest absolute Gasteiger partial charge is 0.382 e. The summed E-state index contributed by atoms with van der Waals surface area (Å²) in [5, 5.41) is 41.4. The van der Waals surface area contributed by atoms with E-state index in [1.807, 2.05) is 0 Å². The van der Waals surface area contributed by atoms with Crippen LogP contribution in [0.25, 0.3) is 0 Å². The van der Waals surface area contributed by atoms with Crippen molar-refractivity contribution in [1.82, 2.24) is 0 Å². The highest BCUT2D eigenvalue weighted by Gasteiger charge is 2.31. The zero-order chi connectivity index (χ0) is 38.1. The lowest BCUT2D eigenvalue weighted by Gasteiger charge is -2.28. The lowest BCUT2D eigenvalue weighted by molar-refractivity contribution is 0.0305. The van der Waals surface area contributed by atoms with Crippen LogP contribution in [-0.2, 0) is 4.74 Å². The maximum Gasteiger partial charge on any atom is 0.193 e. The molecule has 0 bridgehead atoms. The van der Waals surface area contributed by atoms with Gasteiger partial charge in [-0.1, -0.05) is 91.0 Å². The summed E-state index contributed by atoms with van der Waals surface area (Å²) in [7, 11) is 0. The van der Waals surface area contributed by atoms with Gasteiger partial charge in [-0.25, -0.2) is 0 Å². The zero-order valence-corrected chi connectivity index (χ0v) is 30.2. The fraction of sp³-hybridized carbons (Fsp3) is 0.333. The van der Waals surface area contributed by atoms with Gasteiger partial charge in [-0.15, -0.1) is 0 Å². The Hall–Kier alpha value is -4.64. The van der Waals surface area contributed by atoms with Gasteiger partial charge in [0.05, 0.1) is 0 Å². The minimum Gasteiger partial charge on any atom is -0.382 e. The normalized spacial score (nSPS) is 13.2. The van der Waals surface area contributed by atoms with E-state index in [0.717, 1.165) is 0 Å². The molecule has 9 heteroatoms. The Morgan fingerprint density at radius 2 is 0.686 bits per heavy atom. The van der Waals surface area contributed by atoms with Crippen LogP contribution in [0.1, 0.15) is 131 Å². The van der Waals surface area contributed by atoms with Crippen LogP contribution in [0.2, 0.25) is 0 Å². The number of rotatable bonds is 14. The molecule has 0 amide bonds. The number of aliphatic hydroxyl groups is 4. The van der Waals surface area contributed by atoms with Gasteiger partial charge in [-0.2, -0.15) is 0 Å². The molecule has 0 aliphatic carbocycles. The van der Waals surface area contributed by atoms with Crippen molar-refractivity contribution in [2.24, 2.45) is 0 Å². The SMILES string of the molecule is CC(C)(O)C(=O)c1ccc(C(OC(c2ccc(C(=O)C(C)(C)O)cc2)c2cccc(C(=O)C(C)(C)O)c2)c2ccc(C(=O)C(C)(C)O)cc2)cc1. The lowest BCUT2D eigenvalue weighted by atomic mass is 9.90. The molecule has 1 atom stereocenters. The number of benzene rings is 4. The van der Waals surface area contributed by atoms with Crippen molar-refractivity contribution >= 4 is 23.1 Å². The van der Waals surface area contributed by atoms with E-state index in [4.69, 9.17) is 4.74 Å². The van der Waals surface area contributed by atoms with E-state index in [0.29, 0.717) is 22.3 Å². The van der Waals surface area contributed by atoms with E-state index in [9.17, 15) is 39.6 Å². The Bertz CT molecular complexity index is 1830. The molecule has 4 N–H and O–H groups in total. The first-order valence-corrected chi connectivity index (χ1v) is 16.6. The molecule has 0 saturated heterocycles. The summed E-state index contributed by atoms with van der Waals surface area (Å²) in [5.74, 6) is -1.89. The number of hydrogen-bond acceptors (Lipinski definition) is 9. The van der Waals surface area contributed by atoms with Crippen molar-refractivity contribution in [3.05, 3.63) is 142 Å². The third kappa shape index (κ3) is 9.38. The minimum atomic E-state index is -1.64. The molecule has 268 valence electrons. The molecule has 0 aromatic heterocycles.